The van der Waals surface area contributed by atoms with Crippen molar-refractivity contribution in [2.45, 2.75) is 11.8 Å². The summed E-state index contributed by atoms with van der Waals surface area (Å²) in [5.74, 6) is -0.637. The van der Waals surface area contributed by atoms with Crippen molar-refractivity contribution >= 4 is 15.7 Å². The first kappa shape index (κ1) is 14.2. The Kier molecular flexibility index (Phi) is 4.04. The molecule has 1 aromatic rings. The SMILES string of the molecule is Cc1c(F)cc(N)cc1S(=O)(=O)NN1CCOCC1. The van der Waals surface area contributed by atoms with Gasteiger partial charge in [-0.2, -0.15) is 0 Å². The number of hydrogen-bond donors (Lipinski definition) is 2. The summed E-state index contributed by atoms with van der Waals surface area (Å²) in [6.07, 6.45) is 0. The number of morpholine rings is 1. The average molecular weight is 289 g/mol. The standard InChI is InChI=1S/C11H16FN3O3S/c1-8-10(12)6-9(13)7-11(8)19(16,17)14-15-2-4-18-5-3-15/h6-7,14H,2-5,13H2,1H3. The quantitative estimate of drug-likeness (QED) is 0.779. The largest absolute Gasteiger partial charge is 0.399 e. The molecule has 6 nitrogen and oxygen atoms in total. The molecule has 3 N–H and O–H groups in total. The van der Waals surface area contributed by atoms with Crippen molar-refractivity contribution in [2.75, 3.05) is 32.0 Å². The summed E-state index contributed by atoms with van der Waals surface area (Å²) in [5.41, 5.74) is 5.62. The van der Waals surface area contributed by atoms with Crippen LogP contribution in [-0.2, 0) is 14.8 Å². The van der Waals surface area contributed by atoms with Gasteiger partial charge in [0.25, 0.3) is 10.0 Å². The highest BCUT2D eigenvalue weighted by Crippen LogP contribution is 2.21. The van der Waals surface area contributed by atoms with Gasteiger partial charge in [0.05, 0.1) is 18.1 Å². The first-order valence-corrected chi connectivity index (χ1v) is 7.29. The molecule has 1 aromatic carbocycles. The van der Waals surface area contributed by atoms with Crippen LogP contribution in [0, 0.1) is 12.7 Å². The van der Waals surface area contributed by atoms with Crippen LogP contribution in [0.15, 0.2) is 17.0 Å². The van der Waals surface area contributed by atoms with E-state index in [1.807, 2.05) is 0 Å². The molecule has 1 saturated heterocycles. The summed E-state index contributed by atoms with van der Waals surface area (Å²) in [6.45, 7) is 3.20. The number of hydrogen-bond acceptors (Lipinski definition) is 5. The zero-order chi connectivity index (χ0) is 14.0. The third-order valence-electron chi connectivity index (χ3n) is 2.87. The zero-order valence-corrected chi connectivity index (χ0v) is 11.3. The fourth-order valence-corrected chi connectivity index (χ4v) is 3.24. The summed E-state index contributed by atoms with van der Waals surface area (Å²) in [5, 5.41) is 1.53. The number of benzene rings is 1. The van der Waals surface area contributed by atoms with Crippen LogP contribution in [0.1, 0.15) is 5.56 Å². The van der Waals surface area contributed by atoms with Crippen LogP contribution in [0.25, 0.3) is 0 Å². The predicted molar refractivity (Wildman–Crippen MR) is 68.3 cm³/mol. The van der Waals surface area contributed by atoms with E-state index in [0.717, 1.165) is 6.07 Å². The third kappa shape index (κ3) is 3.21. The van der Waals surface area contributed by atoms with Crippen molar-refractivity contribution in [3.05, 3.63) is 23.5 Å². The van der Waals surface area contributed by atoms with Crippen LogP contribution >= 0.6 is 0 Å². The molecule has 1 aliphatic heterocycles. The summed E-state index contributed by atoms with van der Waals surface area (Å²) in [6, 6.07) is 2.35. The Morgan fingerprint density at radius 1 is 1.37 bits per heavy atom. The minimum atomic E-state index is -3.84. The number of ether oxygens (including phenoxy) is 1. The Bertz CT molecular complexity index is 571. The second kappa shape index (κ2) is 5.41. The van der Waals surface area contributed by atoms with Crippen molar-refractivity contribution in [2.24, 2.45) is 0 Å². The van der Waals surface area contributed by atoms with E-state index in [0.29, 0.717) is 26.3 Å². The molecule has 0 saturated carbocycles. The van der Waals surface area contributed by atoms with Gasteiger partial charge in [-0.3, -0.25) is 0 Å². The lowest BCUT2D eigenvalue weighted by molar-refractivity contribution is 0.0272. The monoisotopic (exact) mass is 289 g/mol. The highest BCUT2D eigenvalue weighted by Gasteiger charge is 2.23. The number of nitrogens with one attached hydrogen (secondary N) is 1. The lowest BCUT2D eigenvalue weighted by atomic mass is 10.2. The number of nitrogens with zero attached hydrogens (tertiary/aromatic N) is 1. The summed E-state index contributed by atoms with van der Waals surface area (Å²) in [4.78, 5) is 2.27. The van der Waals surface area contributed by atoms with Gasteiger partial charge in [0.2, 0.25) is 0 Å². The Balaban J connectivity index is 2.28. The van der Waals surface area contributed by atoms with Crippen LogP contribution in [0.2, 0.25) is 0 Å². The first-order valence-electron chi connectivity index (χ1n) is 5.81. The van der Waals surface area contributed by atoms with E-state index in [9.17, 15) is 12.8 Å². The van der Waals surface area contributed by atoms with Gasteiger partial charge in [-0.15, -0.1) is 4.83 Å². The van der Waals surface area contributed by atoms with Gasteiger partial charge < -0.3 is 10.5 Å². The molecule has 19 heavy (non-hydrogen) atoms. The van der Waals surface area contributed by atoms with Crippen molar-refractivity contribution in [3.8, 4) is 0 Å². The second-order valence-electron chi connectivity index (χ2n) is 4.32. The van der Waals surface area contributed by atoms with E-state index >= 15 is 0 Å². The normalized spacial score (nSPS) is 17.6. The van der Waals surface area contributed by atoms with E-state index in [1.165, 1.54) is 18.0 Å². The minimum Gasteiger partial charge on any atom is -0.399 e. The van der Waals surface area contributed by atoms with E-state index in [2.05, 4.69) is 4.83 Å². The molecular formula is C11H16FN3O3S. The summed E-state index contributed by atoms with van der Waals surface area (Å²) < 4.78 is 43.1. The highest BCUT2D eigenvalue weighted by molar-refractivity contribution is 7.89. The molecule has 0 spiro atoms. The summed E-state index contributed by atoms with van der Waals surface area (Å²) in [7, 11) is -3.84. The molecular weight excluding hydrogens is 273 g/mol. The van der Waals surface area contributed by atoms with Gasteiger partial charge in [-0.25, -0.2) is 17.8 Å². The van der Waals surface area contributed by atoms with Crippen molar-refractivity contribution < 1.29 is 17.5 Å². The Labute approximate surface area is 111 Å². The number of sulfonamides is 1. The molecule has 0 aliphatic carbocycles. The predicted octanol–water partition coefficient (Wildman–Crippen LogP) is 0.242. The highest BCUT2D eigenvalue weighted by atomic mass is 32.2. The number of rotatable bonds is 3. The Morgan fingerprint density at radius 3 is 2.63 bits per heavy atom. The van der Waals surface area contributed by atoms with E-state index in [4.69, 9.17) is 10.5 Å². The van der Waals surface area contributed by atoms with Gasteiger partial charge in [0.1, 0.15) is 5.82 Å². The van der Waals surface area contributed by atoms with Crippen LogP contribution < -0.4 is 10.6 Å². The number of halogens is 1. The molecule has 0 atom stereocenters. The molecule has 2 rings (SSSR count). The van der Waals surface area contributed by atoms with Crippen LogP contribution in [0.5, 0.6) is 0 Å². The second-order valence-corrected chi connectivity index (χ2v) is 5.95. The fourth-order valence-electron chi connectivity index (χ4n) is 1.83. The first-order chi connectivity index (χ1) is 8.90. The van der Waals surface area contributed by atoms with E-state index in [1.54, 1.807) is 0 Å². The average Bonchev–Trinajstić information content (AvgIpc) is 2.34. The number of anilines is 1. The molecule has 1 heterocycles. The molecule has 0 aromatic heterocycles. The van der Waals surface area contributed by atoms with Crippen molar-refractivity contribution in [1.29, 1.82) is 0 Å². The zero-order valence-electron chi connectivity index (χ0n) is 10.5. The van der Waals surface area contributed by atoms with E-state index < -0.39 is 15.8 Å². The number of nitrogens with two attached hydrogens (primary N) is 1. The molecule has 0 bridgehead atoms. The van der Waals surface area contributed by atoms with Gasteiger partial charge in [0, 0.05) is 24.3 Å². The molecule has 1 fully saturated rings. The van der Waals surface area contributed by atoms with E-state index in [-0.39, 0.29) is 16.1 Å². The van der Waals surface area contributed by atoms with Gasteiger partial charge in [0.15, 0.2) is 0 Å². The minimum absolute atomic E-state index is 0.0509. The van der Waals surface area contributed by atoms with Crippen LogP contribution in [0.3, 0.4) is 0 Å². The third-order valence-corrected chi connectivity index (χ3v) is 4.37. The molecule has 8 heteroatoms. The fraction of sp³-hybridized carbons (Fsp3) is 0.455. The van der Waals surface area contributed by atoms with Crippen LogP contribution in [0.4, 0.5) is 10.1 Å². The maximum Gasteiger partial charge on any atom is 0.253 e. The van der Waals surface area contributed by atoms with Crippen LogP contribution in [-0.4, -0.2) is 39.7 Å². The maximum atomic E-state index is 13.5. The number of nitrogen functional groups attached to an aromatic ring is 1. The topological polar surface area (TPSA) is 84.7 Å². The van der Waals surface area contributed by atoms with Crippen molar-refractivity contribution in [3.63, 3.8) is 0 Å². The number of hydrazine groups is 1. The molecule has 0 amide bonds. The summed E-state index contributed by atoms with van der Waals surface area (Å²) >= 11 is 0. The lowest BCUT2D eigenvalue weighted by Gasteiger charge is -2.27. The molecule has 0 radical (unpaired) electrons. The van der Waals surface area contributed by atoms with Gasteiger partial charge in [-0.05, 0) is 19.1 Å². The van der Waals surface area contributed by atoms with Crippen molar-refractivity contribution in [1.82, 2.24) is 9.84 Å². The maximum absolute atomic E-state index is 13.5. The van der Waals surface area contributed by atoms with Gasteiger partial charge in [-0.1, -0.05) is 0 Å². The lowest BCUT2D eigenvalue weighted by Crippen LogP contribution is -2.48. The molecule has 1 aliphatic rings. The Hall–Kier alpha value is -1.22. The molecule has 106 valence electrons. The Morgan fingerprint density at radius 2 is 2.00 bits per heavy atom. The van der Waals surface area contributed by atoms with Gasteiger partial charge >= 0.3 is 0 Å². The molecule has 0 unspecified atom stereocenters. The smallest absolute Gasteiger partial charge is 0.253 e.